The van der Waals surface area contributed by atoms with Crippen molar-refractivity contribution in [2.24, 2.45) is 0 Å². The second-order valence-electron chi connectivity index (χ2n) is 4.54. The van der Waals surface area contributed by atoms with Crippen LogP contribution < -0.4 is 5.32 Å². The molecule has 0 aliphatic carbocycles. The van der Waals surface area contributed by atoms with E-state index in [1.165, 1.54) is 10.4 Å². The molecule has 112 valence electrons. The molecule has 1 aliphatic heterocycles. The Morgan fingerprint density at radius 1 is 1.35 bits per heavy atom. The monoisotopic (exact) mass is 336 g/mol. The molecule has 0 radical (unpaired) electrons. The van der Waals surface area contributed by atoms with Crippen LogP contribution >= 0.6 is 11.6 Å². The van der Waals surface area contributed by atoms with Crippen LogP contribution in [-0.2, 0) is 27.4 Å². The average Bonchev–Trinajstić information content (AvgIpc) is 2.42. The topological polar surface area (TPSA) is 66.5 Å². The van der Waals surface area contributed by atoms with E-state index in [1.807, 2.05) is 0 Å². The third-order valence-electron chi connectivity index (χ3n) is 3.16. The maximum Gasteiger partial charge on any atom is 0.243 e. The Hall–Kier alpha value is -0.470. The largest absolute Gasteiger partial charge is 0.316 e. The van der Waals surface area contributed by atoms with Crippen LogP contribution in [0.4, 0.5) is 0 Å². The first kappa shape index (κ1) is 15.9. The van der Waals surface area contributed by atoms with Crippen LogP contribution in [0.2, 0.25) is 5.02 Å². The molecular formula is C12H17ClN2O3S2. The molecule has 1 heterocycles. The SMILES string of the molecule is CNCc1cc(S(=O)(=O)N2CCS(=O)CC2)ccc1Cl. The zero-order valence-corrected chi connectivity index (χ0v) is 13.5. The van der Waals surface area contributed by atoms with Crippen molar-refractivity contribution >= 4 is 32.4 Å². The standard InChI is InChI=1S/C12H17ClN2O3S2/c1-14-9-10-8-11(2-3-12(10)13)20(17,18)15-4-6-19(16)7-5-15/h2-3,8,14H,4-7,9H2,1H3. The van der Waals surface area contributed by atoms with Gasteiger partial charge in [-0.1, -0.05) is 11.6 Å². The summed E-state index contributed by atoms with van der Waals surface area (Å²) in [7, 11) is -2.66. The fraction of sp³-hybridized carbons (Fsp3) is 0.500. The van der Waals surface area contributed by atoms with Gasteiger partial charge < -0.3 is 5.32 Å². The van der Waals surface area contributed by atoms with Crippen LogP contribution in [-0.4, -0.2) is 48.6 Å². The number of hydrogen-bond donors (Lipinski definition) is 1. The summed E-state index contributed by atoms with van der Waals surface area (Å²) in [5.41, 5.74) is 0.746. The van der Waals surface area contributed by atoms with Crippen LogP contribution in [0.15, 0.2) is 23.1 Å². The zero-order valence-electron chi connectivity index (χ0n) is 11.1. The molecule has 1 fully saturated rings. The number of rotatable bonds is 4. The maximum atomic E-state index is 12.5. The van der Waals surface area contributed by atoms with E-state index in [1.54, 1.807) is 19.2 Å². The predicted molar refractivity (Wildman–Crippen MR) is 80.9 cm³/mol. The summed E-state index contributed by atoms with van der Waals surface area (Å²) in [6.07, 6.45) is 0. The van der Waals surface area contributed by atoms with Gasteiger partial charge in [-0.15, -0.1) is 0 Å². The van der Waals surface area contributed by atoms with Crippen LogP contribution in [0.1, 0.15) is 5.56 Å². The van der Waals surface area contributed by atoms with Gasteiger partial charge in [-0.25, -0.2) is 8.42 Å². The number of nitrogens with zero attached hydrogens (tertiary/aromatic N) is 1. The summed E-state index contributed by atoms with van der Waals surface area (Å²) in [6.45, 7) is 1.12. The Morgan fingerprint density at radius 3 is 2.60 bits per heavy atom. The lowest BCUT2D eigenvalue weighted by Gasteiger charge is -2.25. The lowest BCUT2D eigenvalue weighted by Crippen LogP contribution is -2.41. The minimum absolute atomic E-state index is 0.236. The molecule has 1 saturated heterocycles. The van der Waals surface area contributed by atoms with Crippen molar-refractivity contribution in [3.8, 4) is 0 Å². The van der Waals surface area contributed by atoms with E-state index in [9.17, 15) is 12.6 Å². The maximum absolute atomic E-state index is 12.5. The molecule has 1 aliphatic rings. The zero-order chi connectivity index (χ0) is 14.8. The van der Waals surface area contributed by atoms with Gasteiger partial charge in [0.1, 0.15) is 0 Å². The van der Waals surface area contributed by atoms with Gasteiger partial charge in [0.05, 0.1) is 4.90 Å². The fourth-order valence-corrected chi connectivity index (χ4v) is 5.01. The van der Waals surface area contributed by atoms with Gasteiger partial charge in [0, 0.05) is 47.0 Å². The van der Waals surface area contributed by atoms with Gasteiger partial charge in [0.25, 0.3) is 0 Å². The molecule has 1 aromatic carbocycles. The molecule has 0 aromatic heterocycles. The Morgan fingerprint density at radius 2 is 2.00 bits per heavy atom. The number of benzene rings is 1. The molecule has 8 heteroatoms. The summed E-state index contributed by atoms with van der Waals surface area (Å²) in [4.78, 5) is 0.236. The van der Waals surface area contributed by atoms with E-state index in [0.717, 1.165) is 5.56 Å². The van der Waals surface area contributed by atoms with Crippen LogP contribution in [0.5, 0.6) is 0 Å². The molecule has 0 unspecified atom stereocenters. The van der Waals surface area contributed by atoms with E-state index in [2.05, 4.69) is 5.32 Å². The normalized spacial score (nSPS) is 18.3. The molecule has 2 rings (SSSR count). The average molecular weight is 337 g/mol. The number of sulfonamides is 1. The third kappa shape index (κ3) is 3.40. The first-order valence-corrected chi connectivity index (χ1v) is 9.54. The first-order valence-electron chi connectivity index (χ1n) is 6.23. The van der Waals surface area contributed by atoms with Crippen molar-refractivity contribution in [3.05, 3.63) is 28.8 Å². The lowest BCUT2D eigenvalue weighted by atomic mass is 10.2. The molecule has 0 saturated carbocycles. The van der Waals surface area contributed by atoms with Gasteiger partial charge in [0.15, 0.2) is 0 Å². The molecule has 1 N–H and O–H groups in total. The van der Waals surface area contributed by atoms with Gasteiger partial charge in [-0.2, -0.15) is 4.31 Å². The summed E-state index contributed by atoms with van der Waals surface area (Å²) in [5.74, 6) is 0.798. The minimum atomic E-state index is -3.53. The fourth-order valence-electron chi connectivity index (χ4n) is 2.05. The molecular weight excluding hydrogens is 320 g/mol. The van der Waals surface area contributed by atoms with Gasteiger partial charge in [-0.05, 0) is 30.8 Å². The lowest BCUT2D eigenvalue weighted by molar-refractivity contribution is 0.438. The molecule has 20 heavy (non-hydrogen) atoms. The van der Waals surface area contributed by atoms with Gasteiger partial charge >= 0.3 is 0 Å². The summed E-state index contributed by atoms with van der Waals surface area (Å²) < 4.78 is 37.8. The number of halogens is 1. The van der Waals surface area contributed by atoms with Crippen LogP contribution in [0, 0.1) is 0 Å². The van der Waals surface area contributed by atoms with E-state index in [0.29, 0.717) is 36.2 Å². The summed E-state index contributed by atoms with van der Waals surface area (Å²) >= 11 is 6.04. The summed E-state index contributed by atoms with van der Waals surface area (Å²) in [6, 6.07) is 4.71. The van der Waals surface area contributed by atoms with Crippen LogP contribution in [0.3, 0.4) is 0 Å². The van der Waals surface area contributed by atoms with E-state index >= 15 is 0 Å². The quantitative estimate of drug-likeness (QED) is 0.883. The highest BCUT2D eigenvalue weighted by atomic mass is 35.5. The van der Waals surface area contributed by atoms with E-state index in [-0.39, 0.29) is 4.90 Å². The van der Waals surface area contributed by atoms with Crippen LogP contribution in [0.25, 0.3) is 0 Å². The Labute approximate surface area is 126 Å². The van der Waals surface area contributed by atoms with E-state index < -0.39 is 20.8 Å². The highest BCUT2D eigenvalue weighted by Gasteiger charge is 2.28. The van der Waals surface area contributed by atoms with Gasteiger partial charge in [0.2, 0.25) is 10.0 Å². The molecule has 0 atom stereocenters. The second kappa shape index (κ2) is 6.53. The highest BCUT2D eigenvalue weighted by Crippen LogP contribution is 2.23. The molecule has 1 aromatic rings. The molecule has 5 nitrogen and oxygen atoms in total. The van der Waals surface area contributed by atoms with Crippen molar-refractivity contribution in [1.82, 2.24) is 9.62 Å². The molecule has 0 amide bonds. The van der Waals surface area contributed by atoms with Crippen molar-refractivity contribution in [3.63, 3.8) is 0 Å². The third-order valence-corrected chi connectivity index (χ3v) is 6.70. The minimum Gasteiger partial charge on any atom is -0.316 e. The Kier molecular flexibility index (Phi) is 5.19. The Bertz CT molecular complexity index is 609. The Balaban J connectivity index is 2.29. The van der Waals surface area contributed by atoms with Crippen molar-refractivity contribution in [2.45, 2.75) is 11.4 Å². The van der Waals surface area contributed by atoms with Crippen molar-refractivity contribution < 1.29 is 12.6 Å². The predicted octanol–water partition coefficient (Wildman–Crippen LogP) is 0.812. The van der Waals surface area contributed by atoms with Gasteiger partial charge in [-0.3, -0.25) is 4.21 Å². The second-order valence-corrected chi connectivity index (χ2v) is 8.58. The molecule has 0 spiro atoms. The summed E-state index contributed by atoms with van der Waals surface area (Å²) in [5, 5.41) is 3.50. The smallest absolute Gasteiger partial charge is 0.243 e. The van der Waals surface area contributed by atoms with Crippen molar-refractivity contribution in [2.75, 3.05) is 31.6 Å². The van der Waals surface area contributed by atoms with Crippen molar-refractivity contribution in [1.29, 1.82) is 0 Å². The molecule has 0 bridgehead atoms. The van der Waals surface area contributed by atoms with E-state index in [4.69, 9.17) is 11.6 Å². The first-order chi connectivity index (χ1) is 9.45. The highest BCUT2D eigenvalue weighted by molar-refractivity contribution is 7.89. The number of nitrogens with one attached hydrogen (secondary N) is 1. The number of hydrogen-bond acceptors (Lipinski definition) is 4.